The Kier molecular flexibility index (Phi) is 7.99. The number of carboxylic acid groups (broad SMARTS) is 2. The maximum Gasteiger partial charge on any atom is 0.341 e. The van der Waals surface area contributed by atoms with Crippen LogP contribution in [0.4, 0.5) is 5.69 Å². The number of anilines is 1. The van der Waals surface area contributed by atoms with Crippen molar-refractivity contribution in [3.63, 3.8) is 0 Å². The molecule has 0 bridgehead atoms. The van der Waals surface area contributed by atoms with Gasteiger partial charge in [0.05, 0.1) is 11.6 Å². The molecular weight excluding hydrogens is 536 g/mol. The SMILES string of the molecule is O=C(O)COc1cccc(OCC(=O)O)c1-c1c2ccc(=[N+]3CCCCC3)cc-2oc2cc(N3CCCCC3)ccc12. The summed E-state index contributed by atoms with van der Waals surface area (Å²) in [5.41, 5.74) is 3.78. The molecule has 2 fully saturated rings. The van der Waals surface area contributed by atoms with E-state index in [1.807, 2.05) is 12.1 Å². The quantitative estimate of drug-likeness (QED) is 0.223. The zero-order chi connectivity index (χ0) is 29.1. The minimum atomic E-state index is -1.12. The van der Waals surface area contributed by atoms with Gasteiger partial charge in [-0.2, -0.15) is 0 Å². The molecule has 2 N–H and O–H groups in total. The van der Waals surface area contributed by atoms with Crippen LogP contribution in [-0.2, 0) is 9.59 Å². The maximum absolute atomic E-state index is 11.5. The standard InChI is InChI=1S/C33H34N2O7/c36-30(37)20-40-26-8-7-9-27(41-21-31(38)39)33(26)32-24-12-10-22(34-14-3-1-4-15-34)18-28(24)42-29-19-23(11-13-25(29)32)35-16-5-2-6-17-35/h7-13,18-19H,1-6,14-17,20-21H2,(H-,36,37,38,39)/p+1. The van der Waals surface area contributed by atoms with Crippen LogP contribution in [0, 0.1) is 0 Å². The molecule has 9 heteroatoms. The molecule has 9 nitrogen and oxygen atoms in total. The summed E-state index contributed by atoms with van der Waals surface area (Å²) in [7, 11) is 0. The number of ether oxygens (including phenoxy) is 2. The first-order valence-corrected chi connectivity index (χ1v) is 14.6. The summed E-state index contributed by atoms with van der Waals surface area (Å²) in [5, 5.41) is 20.6. The number of rotatable bonds is 8. The third-order valence-electron chi connectivity index (χ3n) is 8.07. The van der Waals surface area contributed by atoms with E-state index in [1.54, 1.807) is 18.2 Å². The summed E-state index contributed by atoms with van der Waals surface area (Å²) < 4.78 is 20.5. The van der Waals surface area contributed by atoms with Crippen molar-refractivity contribution in [1.82, 2.24) is 4.58 Å². The first-order chi connectivity index (χ1) is 20.5. The number of piperidine rings is 2. The van der Waals surface area contributed by atoms with E-state index in [2.05, 4.69) is 33.7 Å². The van der Waals surface area contributed by atoms with Crippen molar-refractivity contribution in [2.45, 2.75) is 38.5 Å². The monoisotopic (exact) mass is 571 g/mol. The Bertz CT molecular complexity index is 1620. The highest BCUT2D eigenvalue weighted by Crippen LogP contribution is 2.48. The Labute approximate surface area is 243 Å². The predicted octanol–water partition coefficient (Wildman–Crippen LogP) is 5.08. The van der Waals surface area contributed by atoms with Crippen molar-refractivity contribution in [1.29, 1.82) is 0 Å². The van der Waals surface area contributed by atoms with Gasteiger partial charge in [-0.1, -0.05) is 6.07 Å². The number of hydrogen-bond acceptors (Lipinski definition) is 6. The second kappa shape index (κ2) is 12.1. The highest BCUT2D eigenvalue weighted by Gasteiger charge is 2.26. The average Bonchev–Trinajstić information content (AvgIpc) is 3.02. The third kappa shape index (κ3) is 5.77. The molecule has 3 aliphatic heterocycles. The number of carbonyl (C=O) groups is 2. The summed E-state index contributed by atoms with van der Waals surface area (Å²) in [6.45, 7) is 2.85. The molecule has 0 spiro atoms. The van der Waals surface area contributed by atoms with Gasteiger partial charge in [0.15, 0.2) is 13.2 Å². The van der Waals surface area contributed by atoms with Gasteiger partial charge in [-0.3, -0.25) is 0 Å². The van der Waals surface area contributed by atoms with Crippen LogP contribution in [0.3, 0.4) is 0 Å². The normalized spacial score (nSPS) is 15.6. The van der Waals surface area contributed by atoms with Crippen LogP contribution >= 0.6 is 0 Å². The first-order valence-electron chi connectivity index (χ1n) is 14.6. The van der Waals surface area contributed by atoms with E-state index in [-0.39, 0.29) is 11.5 Å². The van der Waals surface area contributed by atoms with Crippen LogP contribution < -0.4 is 24.3 Å². The number of carboxylic acids is 2. The van der Waals surface area contributed by atoms with Crippen molar-refractivity contribution in [3.05, 3.63) is 60.0 Å². The van der Waals surface area contributed by atoms with E-state index >= 15 is 0 Å². The molecule has 42 heavy (non-hydrogen) atoms. The lowest BCUT2D eigenvalue weighted by atomic mass is 9.92. The zero-order valence-corrected chi connectivity index (χ0v) is 23.5. The smallest absolute Gasteiger partial charge is 0.341 e. The van der Waals surface area contributed by atoms with Gasteiger partial charge in [-0.15, -0.1) is 0 Å². The van der Waals surface area contributed by atoms with E-state index < -0.39 is 25.2 Å². The summed E-state index contributed by atoms with van der Waals surface area (Å²) in [4.78, 5) is 25.3. The molecule has 218 valence electrons. The molecule has 2 aromatic carbocycles. The van der Waals surface area contributed by atoms with Gasteiger partial charge in [0.2, 0.25) is 5.36 Å². The fourth-order valence-corrected chi connectivity index (χ4v) is 6.11. The molecular formula is C33H35N2O7+. The molecule has 1 aliphatic carbocycles. The van der Waals surface area contributed by atoms with Crippen LogP contribution in [0.25, 0.3) is 33.4 Å². The Balaban J connectivity index is 1.62. The van der Waals surface area contributed by atoms with Gasteiger partial charge >= 0.3 is 11.9 Å². The average molecular weight is 572 g/mol. The summed E-state index contributed by atoms with van der Waals surface area (Å²) in [6.07, 6.45) is 7.06. The molecule has 0 aromatic heterocycles. The summed E-state index contributed by atoms with van der Waals surface area (Å²) in [6, 6.07) is 17.4. The van der Waals surface area contributed by atoms with E-state index in [0.717, 1.165) is 79.4 Å². The van der Waals surface area contributed by atoms with Gasteiger partial charge in [0.1, 0.15) is 35.9 Å². The minimum absolute atomic E-state index is 0.286. The highest BCUT2D eigenvalue weighted by molar-refractivity contribution is 6.05. The molecule has 6 rings (SSSR count). The lowest BCUT2D eigenvalue weighted by Gasteiger charge is -2.29. The van der Waals surface area contributed by atoms with Gasteiger partial charge in [-0.05, 0) is 56.0 Å². The van der Waals surface area contributed by atoms with Gasteiger partial charge in [0.25, 0.3) is 0 Å². The van der Waals surface area contributed by atoms with Crippen LogP contribution in [0.1, 0.15) is 38.5 Å². The van der Waals surface area contributed by atoms with Gasteiger partial charge in [0, 0.05) is 60.3 Å². The summed E-state index contributed by atoms with van der Waals surface area (Å²) in [5.74, 6) is -0.988. The third-order valence-corrected chi connectivity index (χ3v) is 8.07. The largest absolute Gasteiger partial charge is 0.481 e. The fraction of sp³-hybridized carbons (Fsp3) is 0.364. The van der Waals surface area contributed by atoms with E-state index in [9.17, 15) is 19.8 Å². The maximum atomic E-state index is 11.5. The van der Waals surface area contributed by atoms with Crippen molar-refractivity contribution < 1.29 is 33.7 Å². The molecule has 4 aliphatic rings. The molecule has 0 atom stereocenters. The van der Waals surface area contributed by atoms with Crippen molar-refractivity contribution >= 4 is 28.6 Å². The van der Waals surface area contributed by atoms with E-state index in [0.29, 0.717) is 16.9 Å². The Morgan fingerprint density at radius 3 is 2.12 bits per heavy atom. The minimum Gasteiger partial charge on any atom is -0.481 e. The summed E-state index contributed by atoms with van der Waals surface area (Å²) >= 11 is 0. The molecule has 0 radical (unpaired) electrons. The highest BCUT2D eigenvalue weighted by atomic mass is 16.5. The number of aliphatic carboxylic acids is 2. The van der Waals surface area contributed by atoms with E-state index in [1.165, 1.54) is 12.8 Å². The number of fused-ring (bicyclic) bond motifs is 2. The number of hydrogen-bond donors (Lipinski definition) is 2. The lowest BCUT2D eigenvalue weighted by Crippen LogP contribution is -2.34. The second-order valence-electron chi connectivity index (χ2n) is 10.9. The number of benzene rings is 3. The number of nitrogens with zero attached hydrogens (tertiary/aromatic N) is 2. The Morgan fingerprint density at radius 2 is 1.45 bits per heavy atom. The van der Waals surface area contributed by atoms with Gasteiger partial charge in [-0.25, -0.2) is 14.2 Å². The van der Waals surface area contributed by atoms with Crippen LogP contribution in [0.15, 0.2) is 59.0 Å². The lowest BCUT2D eigenvalue weighted by molar-refractivity contribution is -0.140. The first kappa shape index (κ1) is 27.6. The van der Waals surface area contributed by atoms with Crippen LogP contribution in [0.5, 0.6) is 11.5 Å². The molecule has 0 unspecified atom stereocenters. The molecule has 3 heterocycles. The van der Waals surface area contributed by atoms with Crippen LogP contribution in [0.2, 0.25) is 0 Å². The zero-order valence-electron chi connectivity index (χ0n) is 23.5. The van der Waals surface area contributed by atoms with Crippen molar-refractivity contribution in [2.24, 2.45) is 0 Å². The molecule has 0 amide bonds. The topological polar surface area (TPSA) is 112 Å². The predicted molar refractivity (Wildman–Crippen MR) is 159 cm³/mol. The van der Waals surface area contributed by atoms with Crippen molar-refractivity contribution in [2.75, 3.05) is 44.3 Å². The second-order valence-corrected chi connectivity index (χ2v) is 10.9. The van der Waals surface area contributed by atoms with Gasteiger partial charge < -0.3 is 29.0 Å². The van der Waals surface area contributed by atoms with E-state index in [4.69, 9.17) is 13.9 Å². The Morgan fingerprint density at radius 1 is 0.786 bits per heavy atom. The molecule has 0 saturated carbocycles. The molecule has 2 aromatic rings. The fourth-order valence-electron chi connectivity index (χ4n) is 6.11. The Hall–Kier alpha value is -4.53. The van der Waals surface area contributed by atoms with Crippen LogP contribution in [-0.4, -0.2) is 61.5 Å². The van der Waals surface area contributed by atoms with Crippen molar-refractivity contribution in [3.8, 4) is 33.9 Å². The molecule has 2 saturated heterocycles.